The van der Waals surface area contributed by atoms with Crippen LogP contribution in [0.2, 0.25) is 0 Å². The lowest BCUT2D eigenvalue weighted by molar-refractivity contribution is -0.169. The third-order valence-electron chi connectivity index (χ3n) is 3.71. The van der Waals surface area contributed by atoms with Crippen molar-refractivity contribution in [2.24, 2.45) is 11.8 Å². The molecule has 0 aliphatic heterocycles. The predicted octanol–water partition coefficient (Wildman–Crippen LogP) is 3.69. The fraction of sp³-hybridized carbons (Fsp3) is 0.923. The molecule has 0 amide bonds. The van der Waals surface area contributed by atoms with Gasteiger partial charge in [-0.15, -0.1) is 0 Å². The minimum Gasteiger partial charge on any atom is -0.367 e. The third-order valence-corrected chi connectivity index (χ3v) is 3.71. The number of ether oxygens (including phenoxy) is 1. The Kier molecular flexibility index (Phi) is 6.23. The van der Waals surface area contributed by atoms with Crippen LogP contribution in [0.15, 0.2) is 0 Å². The van der Waals surface area contributed by atoms with Gasteiger partial charge in [0.2, 0.25) is 0 Å². The second-order valence-electron chi connectivity index (χ2n) is 5.08. The quantitative estimate of drug-likeness (QED) is 0.666. The van der Waals surface area contributed by atoms with E-state index in [1.165, 1.54) is 0 Å². The molecular weight excluding hydrogens is 264 g/mol. The molecule has 0 N–H and O–H groups in total. The molecule has 19 heavy (non-hydrogen) atoms. The summed E-state index contributed by atoms with van der Waals surface area (Å²) >= 11 is 0. The molecule has 1 fully saturated rings. The van der Waals surface area contributed by atoms with Gasteiger partial charge in [-0.05, 0) is 18.8 Å². The van der Waals surface area contributed by atoms with Crippen LogP contribution in [-0.2, 0) is 9.53 Å². The van der Waals surface area contributed by atoms with E-state index in [0.29, 0.717) is 0 Å². The Hall–Kier alpha value is -0.650. The summed E-state index contributed by atoms with van der Waals surface area (Å²) in [6, 6.07) is 0. The minimum atomic E-state index is -4.18. The topological polar surface area (TPSA) is 26.3 Å². The number of carbonyl (C=O) groups is 1. The minimum absolute atomic E-state index is 0.168. The van der Waals surface area contributed by atoms with E-state index in [9.17, 15) is 22.4 Å². The van der Waals surface area contributed by atoms with E-state index in [1.807, 2.05) is 6.92 Å². The average Bonchev–Trinajstić information content (AvgIpc) is 2.38. The fourth-order valence-electron chi connectivity index (χ4n) is 2.58. The number of hydrogen-bond acceptors (Lipinski definition) is 2. The molecule has 0 aromatic rings. The normalized spacial score (nSPS) is 24.7. The lowest BCUT2D eigenvalue weighted by atomic mass is 9.76. The van der Waals surface area contributed by atoms with Crippen LogP contribution in [0.4, 0.5) is 17.6 Å². The van der Waals surface area contributed by atoms with Crippen LogP contribution in [0, 0.1) is 11.8 Å². The number of ketones is 1. The predicted molar refractivity (Wildman–Crippen MR) is 62.5 cm³/mol. The molecule has 1 aliphatic carbocycles. The van der Waals surface area contributed by atoms with Gasteiger partial charge >= 0.3 is 12.3 Å². The van der Waals surface area contributed by atoms with Crippen LogP contribution >= 0.6 is 0 Å². The molecule has 0 aromatic carbocycles. The molecule has 0 saturated heterocycles. The van der Waals surface area contributed by atoms with E-state index in [-0.39, 0.29) is 17.6 Å². The molecule has 0 radical (unpaired) electrons. The maximum Gasteiger partial charge on any atom is 0.330 e. The van der Waals surface area contributed by atoms with Gasteiger partial charge < -0.3 is 4.74 Å². The van der Waals surface area contributed by atoms with Crippen LogP contribution < -0.4 is 0 Å². The zero-order valence-corrected chi connectivity index (χ0v) is 11.0. The summed E-state index contributed by atoms with van der Waals surface area (Å²) in [6.07, 6.45) is 0.822. The standard InChI is InChI=1S/C13H20F4O2/c1-2-9-5-3-4-6-10(9)11(18)7-19-8-13(16,17)12(14)15/h9-10,12H,2-8H2,1H3. The van der Waals surface area contributed by atoms with Gasteiger partial charge in [-0.1, -0.05) is 26.2 Å². The molecule has 0 spiro atoms. The Morgan fingerprint density at radius 3 is 2.53 bits per heavy atom. The van der Waals surface area contributed by atoms with Crippen molar-refractivity contribution in [2.45, 2.75) is 51.4 Å². The van der Waals surface area contributed by atoms with Gasteiger partial charge in [-0.25, -0.2) is 8.78 Å². The summed E-state index contributed by atoms with van der Waals surface area (Å²) in [7, 11) is 0. The zero-order chi connectivity index (χ0) is 14.5. The summed E-state index contributed by atoms with van der Waals surface area (Å²) in [5, 5.41) is 0. The van der Waals surface area contributed by atoms with E-state index in [2.05, 4.69) is 4.74 Å². The van der Waals surface area contributed by atoms with E-state index in [0.717, 1.165) is 32.1 Å². The number of rotatable bonds is 7. The van der Waals surface area contributed by atoms with E-state index < -0.39 is 25.6 Å². The van der Waals surface area contributed by atoms with Crippen molar-refractivity contribution in [2.75, 3.05) is 13.2 Å². The Balaban J connectivity index is 2.38. The first-order valence-corrected chi connectivity index (χ1v) is 6.65. The highest BCUT2D eigenvalue weighted by atomic mass is 19.3. The van der Waals surface area contributed by atoms with Crippen molar-refractivity contribution in [3.8, 4) is 0 Å². The molecule has 112 valence electrons. The molecule has 1 rings (SSSR count). The van der Waals surface area contributed by atoms with Crippen molar-refractivity contribution in [3.63, 3.8) is 0 Å². The number of hydrogen-bond donors (Lipinski definition) is 0. The van der Waals surface area contributed by atoms with E-state index >= 15 is 0 Å². The van der Waals surface area contributed by atoms with Crippen LogP contribution in [0.3, 0.4) is 0 Å². The first kappa shape index (κ1) is 16.4. The summed E-state index contributed by atoms with van der Waals surface area (Å²) in [4.78, 5) is 11.9. The molecule has 6 heteroatoms. The number of Topliss-reactive ketones (excluding diaryl/α,β-unsaturated/α-hetero) is 1. The molecule has 0 aromatic heterocycles. The first-order chi connectivity index (χ1) is 8.88. The summed E-state index contributed by atoms with van der Waals surface area (Å²) in [5.74, 6) is -4.33. The van der Waals surface area contributed by atoms with Gasteiger partial charge in [0.05, 0.1) is 0 Å². The zero-order valence-electron chi connectivity index (χ0n) is 11.0. The largest absolute Gasteiger partial charge is 0.367 e. The van der Waals surface area contributed by atoms with Crippen molar-refractivity contribution in [1.82, 2.24) is 0 Å². The van der Waals surface area contributed by atoms with Gasteiger partial charge in [0.1, 0.15) is 13.2 Å². The van der Waals surface area contributed by atoms with Crippen LogP contribution in [0.25, 0.3) is 0 Å². The number of carbonyl (C=O) groups excluding carboxylic acids is 1. The Morgan fingerprint density at radius 2 is 1.95 bits per heavy atom. The van der Waals surface area contributed by atoms with Crippen LogP contribution in [0.5, 0.6) is 0 Å². The highest BCUT2D eigenvalue weighted by molar-refractivity contribution is 5.82. The molecule has 1 saturated carbocycles. The van der Waals surface area contributed by atoms with E-state index in [1.54, 1.807) is 0 Å². The van der Waals surface area contributed by atoms with Crippen molar-refractivity contribution in [3.05, 3.63) is 0 Å². The van der Waals surface area contributed by atoms with E-state index in [4.69, 9.17) is 0 Å². The summed E-state index contributed by atoms with van der Waals surface area (Å²) in [5.41, 5.74) is 0. The van der Waals surface area contributed by atoms with Crippen LogP contribution in [0.1, 0.15) is 39.0 Å². The summed E-state index contributed by atoms with van der Waals surface area (Å²) < 4.78 is 53.5. The van der Waals surface area contributed by atoms with Gasteiger partial charge in [-0.3, -0.25) is 4.79 Å². The Labute approximate surface area is 110 Å². The second-order valence-corrected chi connectivity index (χ2v) is 5.08. The molecule has 0 bridgehead atoms. The Morgan fingerprint density at radius 1 is 1.32 bits per heavy atom. The van der Waals surface area contributed by atoms with Gasteiger partial charge in [-0.2, -0.15) is 8.78 Å². The third kappa shape index (κ3) is 4.75. The highest BCUT2D eigenvalue weighted by Gasteiger charge is 2.41. The van der Waals surface area contributed by atoms with Crippen molar-refractivity contribution >= 4 is 5.78 Å². The average molecular weight is 284 g/mol. The SMILES string of the molecule is CCC1CCCCC1C(=O)COCC(F)(F)C(F)F. The van der Waals surface area contributed by atoms with Crippen molar-refractivity contribution < 1.29 is 27.1 Å². The lowest BCUT2D eigenvalue weighted by Gasteiger charge is -2.29. The molecule has 0 heterocycles. The van der Waals surface area contributed by atoms with Gasteiger partial charge in [0.25, 0.3) is 0 Å². The smallest absolute Gasteiger partial charge is 0.330 e. The molecule has 2 atom stereocenters. The number of halogens is 4. The second kappa shape index (κ2) is 7.22. The maximum atomic E-state index is 12.6. The highest BCUT2D eigenvalue weighted by Crippen LogP contribution is 2.33. The number of alkyl halides is 4. The van der Waals surface area contributed by atoms with Crippen LogP contribution in [-0.4, -0.2) is 31.3 Å². The Bertz CT molecular complexity index is 294. The van der Waals surface area contributed by atoms with Crippen molar-refractivity contribution in [1.29, 1.82) is 0 Å². The van der Waals surface area contributed by atoms with Gasteiger partial charge in [0, 0.05) is 5.92 Å². The molecule has 1 aliphatic rings. The fourth-order valence-corrected chi connectivity index (χ4v) is 2.58. The monoisotopic (exact) mass is 284 g/mol. The molecular formula is C13H20F4O2. The maximum absolute atomic E-state index is 12.6. The molecule has 2 unspecified atom stereocenters. The summed E-state index contributed by atoms with van der Waals surface area (Å²) in [6.45, 7) is 0.0888. The lowest BCUT2D eigenvalue weighted by Crippen LogP contribution is -2.35. The first-order valence-electron chi connectivity index (χ1n) is 6.65. The van der Waals surface area contributed by atoms with Gasteiger partial charge in [0.15, 0.2) is 5.78 Å². The molecule has 2 nitrogen and oxygen atoms in total.